The minimum Gasteiger partial charge on any atom is -0.462 e. The van der Waals surface area contributed by atoms with E-state index in [0.717, 1.165) is 25.7 Å². The third-order valence-electron chi connectivity index (χ3n) is 8.06. The van der Waals surface area contributed by atoms with Gasteiger partial charge in [-0.05, 0) is 54.9 Å². The van der Waals surface area contributed by atoms with Crippen molar-refractivity contribution in [2.75, 3.05) is 0 Å². The van der Waals surface area contributed by atoms with Gasteiger partial charge >= 0.3 is 5.97 Å². The van der Waals surface area contributed by atoms with Gasteiger partial charge in [0.15, 0.2) is 5.78 Å². The lowest BCUT2D eigenvalue weighted by molar-refractivity contribution is -0.176. The lowest BCUT2D eigenvalue weighted by Crippen LogP contribution is -2.58. The van der Waals surface area contributed by atoms with E-state index in [1.807, 2.05) is 0 Å². The minimum atomic E-state index is -0.253. The van der Waals surface area contributed by atoms with Gasteiger partial charge < -0.3 is 4.74 Å². The van der Waals surface area contributed by atoms with Crippen molar-refractivity contribution in [3.05, 3.63) is 12.2 Å². The highest BCUT2D eigenvalue weighted by Crippen LogP contribution is 2.64. The van der Waals surface area contributed by atoms with Crippen LogP contribution in [0.5, 0.6) is 0 Å². The van der Waals surface area contributed by atoms with E-state index in [-0.39, 0.29) is 40.5 Å². The maximum atomic E-state index is 12.6. The van der Waals surface area contributed by atoms with Crippen LogP contribution in [0, 0.1) is 34.5 Å². The third-order valence-corrected chi connectivity index (χ3v) is 8.06. The van der Waals surface area contributed by atoms with Crippen molar-refractivity contribution in [2.24, 2.45) is 34.5 Å². The summed E-state index contributed by atoms with van der Waals surface area (Å²) < 4.78 is 5.79. The molecule has 136 valence electrons. The Bertz CT molecular complexity index is 665. The number of rotatable bonds is 1. The Hall–Kier alpha value is -1.45. The first-order valence-electron chi connectivity index (χ1n) is 9.68. The van der Waals surface area contributed by atoms with E-state index in [9.17, 15) is 14.4 Å². The summed E-state index contributed by atoms with van der Waals surface area (Å²) in [7, 11) is 0. The predicted molar refractivity (Wildman–Crippen MR) is 92.6 cm³/mol. The summed E-state index contributed by atoms with van der Waals surface area (Å²) in [6.45, 7) is 5.88. The zero-order chi connectivity index (χ0) is 18.0. The summed E-state index contributed by atoms with van der Waals surface area (Å²) in [5, 5.41) is 0. The number of esters is 1. The van der Waals surface area contributed by atoms with Crippen LogP contribution in [-0.2, 0) is 19.1 Å². The van der Waals surface area contributed by atoms with Crippen molar-refractivity contribution in [1.82, 2.24) is 0 Å². The van der Waals surface area contributed by atoms with Crippen LogP contribution in [0.3, 0.4) is 0 Å². The average molecular weight is 344 g/mol. The highest BCUT2D eigenvalue weighted by atomic mass is 16.5. The minimum absolute atomic E-state index is 0.0256. The van der Waals surface area contributed by atoms with Crippen LogP contribution in [0.2, 0.25) is 0 Å². The Kier molecular flexibility index (Phi) is 3.75. The van der Waals surface area contributed by atoms with Crippen LogP contribution in [0.4, 0.5) is 0 Å². The Morgan fingerprint density at radius 3 is 2.68 bits per heavy atom. The molecule has 0 heterocycles. The van der Waals surface area contributed by atoms with E-state index < -0.39 is 0 Å². The molecule has 0 aromatic carbocycles. The summed E-state index contributed by atoms with van der Waals surface area (Å²) in [6.07, 6.45) is 8.50. The smallest absolute Gasteiger partial charge is 0.302 e. The number of Topliss-reactive ketones (excluding diaryl/α,β-unsaturated/α-hetero) is 1. The van der Waals surface area contributed by atoms with Gasteiger partial charge in [0.05, 0.1) is 0 Å². The summed E-state index contributed by atoms with van der Waals surface area (Å²) in [6, 6.07) is 0. The lowest BCUT2D eigenvalue weighted by atomic mass is 9.45. The first-order chi connectivity index (χ1) is 11.8. The number of hydrogen-bond acceptors (Lipinski definition) is 4. The fourth-order valence-electron chi connectivity index (χ4n) is 6.69. The number of ketones is 2. The third kappa shape index (κ3) is 2.36. The molecule has 3 saturated carbocycles. The molecule has 4 aliphatic carbocycles. The predicted octanol–water partition coefficient (Wildman–Crippen LogP) is 3.48. The maximum Gasteiger partial charge on any atom is 0.302 e. The Morgan fingerprint density at radius 2 is 1.96 bits per heavy atom. The molecule has 4 aliphatic rings. The molecule has 0 spiro atoms. The number of ether oxygens (including phenoxy) is 1. The second kappa shape index (κ2) is 5.52. The summed E-state index contributed by atoms with van der Waals surface area (Å²) in [4.78, 5) is 36.3. The number of carbonyl (C=O) groups is 3. The van der Waals surface area contributed by atoms with Crippen molar-refractivity contribution < 1.29 is 19.1 Å². The lowest BCUT2D eigenvalue weighted by Gasteiger charge is -2.59. The maximum absolute atomic E-state index is 12.6. The van der Waals surface area contributed by atoms with Gasteiger partial charge in [0.1, 0.15) is 11.9 Å². The fourth-order valence-corrected chi connectivity index (χ4v) is 6.69. The molecular weight excluding hydrogens is 316 g/mol. The molecular formula is C21H28O4. The monoisotopic (exact) mass is 344 g/mol. The molecule has 0 saturated heterocycles. The molecule has 4 nitrogen and oxygen atoms in total. The summed E-state index contributed by atoms with van der Waals surface area (Å²) in [5.74, 6) is 1.46. The first kappa shape index (κ1) is 17.0. The molecule has 0 bridgehead atoms. The summed E-state index contributed by atoms with van der Waals surface area (Å²) >= 11 is 0. The second-order valence-corrected chi connectivity index (χ2v) is 9.16. The quantitative estimate of drug-likeness (QED) is 0.683. The topological polar surface area (TPSA) is 60.4 Å². The highest BCUT2D eigenvalue weighted by Gasteiger charge is 2.62. The number of allylic oxidation sites excluding steroid dienone is 2. The van der Waals surface area contributed by atoms with Crippen LogP contribution >= 0.6 is 0 Å². The van der Waals surface area contributed by atoms with Crippen LogP contribution in [0.15, 0.2) is 12.2 Å². The van der Waals surface area contributed by atoms with Crippen molar-refractivity contribution in [2.45, 2.75) is 65.4 Å². The number of fused-ring (bicyclic) bond motifs is 5. The van der Waals surface area contributed by atoms with Gasteiger partial charge in [-0.3, -0.25) is 14.4 Å². The van der Waals surface area contributed by atoms with Crippen LogP contribution in [0.25, 0.3) is 0 Å². The molecule has 0 aromatic heterocycles. The van der Waals surface area contributed by atoms with E-state index in [0.29, 0.717) is 30.5 Å². The number of hydrogen-bond donors (Lipinski definition) is 0. The van der Waals surface area contributed by atoms with Gasteiger partial charge in [-0.25, -0.2) is 0 Å². The van der Waals surface area contributed by atoms with Crippen LogP contribution in [-0.4, -0.2) is 23.6 Å². The van der Waals surface area contributed by atoms with Crippen LogP contribution in [0.1, 0.15) is 59.3 Å². The van der Waals surface area contributed by atoms with Gasteiger partial charge in [-0.2, -0.15) is 0 Å². The van der Waals surface area contributed by atoms with Gasteiger partial charge in [-0.1, -0.05) is 19.9 Å². The molecule has 0 N–H and O–H groups in total. The van der Waals surface area contributed by atoms with E-state index >= 15 is 0 Å². The van der Waals surface area contributed by atoms with Crippen LogP contribution < -0.4 is 0 Å². The van der Waals surface area contributed by atoms with E-state index in [1.54, 1.807) is 6.08 Å². The number of carbonyl (C=O) groups excluding carboxylic acids is 3. The van der Waals surface area contributed by atoms with Gasteiger partial charge in [0.25, 0.3) is 0 Å². The average Bonchev–Trinajstić information content (AvgIpc) is 2.84. The molecule has 0 amide bonds. The fraction of sp³-hybridized carbons (Fsp3) is 0.762. The molecule has 0 aromatic rings. The molecule has 7 atom stereocenters. The van der Waals surface area contributed by atoms with Crippen molar-refractivity contribution in [1.29, 1.82) is 0 Å². The Labute approximate surface area is 149 Å². The SMILES string of the molecule is CC(=O)OC1CC2CC(=O)C=C[C@]2(C)[C@@H]2CC[C@]3(C)C(=O)CC[C@H]3[C@H]12. The molecule has 25 heavy (non-hydrogen) atoms. The standard InChI is InChI=1S/C21H28O4/c1-12(22)25-17-11-13-10-14(23)6-8-20(13,2)16-7-9-21(3)15(19(16)17)4-5-18(21)24/h6,8,13,15-17,19H,4-5,7,9-11H2,1-3H3/t13?,15-,16+,17?,19-,20-,21-/m0/s1. The Balaban J connectivity index is 1.76. The zero-order valence-electron chi connectivity index (χ0n) is 15.4. The molecule has 2 unspecified atom stereocenters. The first-order valence-corrected chi connectivity index (χ1v) is 9.68. The van der Waals surface area contributed by atoms with E-state index in [1.165, 1.54) is 6.92 Å². The van der Waals surface area contributed by atoms with Crippen molar-refractivity contribution in [3.63, 3.8) is 0 Å². The largest absolute Gasteiger partial charge is 0.462 e. The second-order valence-electron chi connectivity index (χ2n) is 9.16. The van der Waals surface area contributed by atoms with E-state index in [2.05, 4.69) is 19.9 Å². The van der Waals surface area contributed by atoms with Crippen molar-refractivity contribution >= 4 is 17.5 Å². The van der Waals surface area contributed by atoms with Gasteiger partial charge in [-0.15, -0.1) is 0 Å². The molecule has 3 fully saturated rings. The van der Waals surface area contributed by atoms with Gasteiger partial charge in [0, 0.05) is 31.1 Å². The molecule has 0 radical (unpaired) electrons. The molecule has 4 heteroatoms. The van der Waals surface area contributed by atoms with E-state index in [4.69, 9.17) is 4.74 Å². The van der Waals surface area contributed by atoms with Crippen molar-refractivity contribution in [3.8, 4) is 0 Å². The van der Waals surface area contributed by atoms with Gasteiger partial charge in [0.2, 0.25) is 0 Å². The summed E-state index contributed by atoms with van der Waals surface area (Å²) in [5.41, 5.74) is -0.279. The normalized spacial score (nSPS) is 48.5. The zero-order valence-corrected chi connectivity index (χ0v) is 15.4. The highest BCUT2D eigenvalue weighted by molar-refractivity contribution is 5.91. The molecule has 4 rings (SSSR count). The molecule has 0 aliphatic heterocycles. The Morgan fingerprint density at radius 1 is 1.20 bits per heavy atom.